The van der Waals surface area contributed by atoms with E-state index in [1.165, 1.54) is 0 Å². The number of hydrogen-bond acceptors (Lipinski definition) is 1. The summed E-state index contributed by atoms with van der Waals surface area (Å²) in [6.07, 6.45) is 1.75. The summed E-state index contributed by atoms with van der Waals surface area (Å²) >= 11 is 0. The molecule has 2 nitrogen and oxygen atoms in total. The van der Waals surface area contributed by atoms with Gasteiger partial charge in [0.1, 0.15) is 0 Å². The summed E-state index contributed by atoms with van der Waals surface area (Å²) in [7, 11) is 0. The fraction of sp³-hybridized carbons (Fsp3) is 0.500. The van der Waals surface area contributed by atoms with Gasteiger partial charge in [-0.15, -0.1) is 0 Å². The quantitative estimate of drug-likeness (QED) is 0.550. The number of carboxylic acid groups (broad SMARTS) is 1. The molecule has 0 amide bonds. The van der Waals surface area contributed by atoms with Crippen molar-refractivity contribution >= 4 is 5.97 Å². The maximum Gasteiger partial charge on any atom is 0.332 e. The summed E-state index contributed by atoms with van der Waals surface area (Å²) in [5.74, 6) is -0.782. The SMILES string of the molecule is CC1(C)C=C1C(=O)O. The Labute approximate surface area is 47.8 Å². The van der Waals surface area contributed by atoms with Gasteiger partial charge in [-0.05, 0) is 0 Å². The van der Waals surface area contributed by atoms with Gasteiger partial charge in [0.2, 0.25) is 0 Å². The van der Waals surface area contributed by atoms with E-state index in [1.807, 2.05) is 13.8 Å². The summed E-state index contributed by atoms with van der Waals surface area (Å²) < 4.78 is 0. The molecule has 0 saturated carbocycles. The van der Waals surface area contributed by atoms with Crippen molar-refractivity contribution in [2.75, 3.05) is 0 Å². The first-order chi connectivity index (χ1) is 3.54. The molecule has 0 aliphatic heterocycles. The maximum atomic E-state index is 10.1. The van der Waals surface area contributed by atoms with Crippen LogP contribution >= 0.6 is 0 Å². The molecule has 2 heteroatoms. The Hall–Kier alpha value is -0.790. The third-order valence-electron chi connectivity index (χ3n) is 1.35. The molecular formula is C6H8O2. The topological polar surface area (TPSA) is 37.3 Å². The lowest BCUT2D eigenvalue weighted by Crippen LogP contribution is -1.99. The van der Waals surface area contributed by atoms with Crippen LogP contribution in [0.3, 0.4) is 0 Å². The van der Waals surface area contributed by atoms with Gasteiger partial charge < -0.3 is 5.11 Å². The van der Waals surface area contributed by atoms with Crippen molar-refractivity contribution in [3.05, 3.63) is 11.6 Å². The van der Waals surface area contributed by atoms with E-state index in [0.29, 0.717) is 5.57 Å². The second-order valence-corrected chi connectivity index (χ2v) is 2.58. The smallest absolute Gasteiger partial charge is 0.332 e. The Morgan fingerprint density at radius 1 is 1.75 bits per heavy atom. The number of aliphatic carboxylic acids is 1. The lowest BCUT2D eigenvalue weighted by atomic mass is 10.1. The minimum atomic E-state index is -0.782. The Morgan fingerprint density at radius 2 is 2.12 bits per heavy atom. The van der Waals surface area contributed by atoms with E-state index in [2.05, 4.69) is 0 Å². The van der Waals surface area contributed by atoms with Gasteiger partial charge in [-0.25, -0.2) is 4.79 Å². The fourth-order valence-electron chi connectivity index (χ4n) is 0.662. The third-order valence-corrected chi connectivity index (χ3v) is 1.35. The Bertz CT molecular complexity index is 165. The molecule has 0 aromatic heterocycles. The van der Waals surface area contributed by atoms with Crippen LogP contribution in [0.1, 0.15) is 13.8 Å². The monoisotopic (exact) mass is 112 g/mol. The molecule has 1 aliphatic rings. The van der Waals surface area contributed by atoms with Gasteiger partial charge in [-0.3, -0.25) is 0 Å². The van der Waals surface area contributed by atoms with Gasteiger partial charge in [-0.1, -0.05) is 19.9 Å². The number of hydrogen-bond donors (Lipinski definition) is 1. The minimum absolute atomic E-state index is 0.119. The van der Waals surface area contributed by atoms with Crippen LogP contribution in [0.5, 0.6) is 0 Å². The average molecular weight is 112 g/mol. The first-order valence-corrected chi connectivity index (χ1v) is 2.51. The minimum Gasteiger partial charge on any atom is -0.478 e. The van der Waals surface area contributed by atoms with E-state index < -0.39 is 5.97 Å². The lowest BCUT2D eigenvalue weighted by Gasteiger charge is -1.96. The van der Waals surface area contributed by atoms with Crippen LogP contribution in [0.4, 0.5) is 0 Å². The molecule has 1 N–H and O–H groups in total. The highest BCUT2D eigenvalue weighted by Gasteiger charge is 2.38. The summed E-state index contributed by atoms with van der Waals surface area (Å²) in [5.41, 5.74) is 0.420. The molecule has 1 rings (SSSR count). The molecule has 1 aliphatic carbocycles. The maximum absolute atomic E-state index is 10.1. The van der Waals surface area contributed by atoms with Crippen molar-refractivity contribution in [1.82, 2.24) is 0 Å². The number of rotatable bonds is 1. The largest absolute Gasteiger partial charge is 0.478 e. The van der Waals surface area contributed by atoms with Crippen LogP contribution in [0, 0.1) is 5.41 Å². The summed E-state index contributed by atoms with van der Waals surface area (Å²) in [6, 6.07) is 0. The molecule has 44 valence electrons. The van der Waals surface area contributed by atoms with Gasteiger partial charge in [-0.2, -0.15) is 0 Å². The van der Waals surface area contributed by atoms with E-state index in [-0.39, 0.29) is 5.41 Å². The predicted octanol–water partition coefficient (Wildman–Crippen LogP) is 1.04. The number of allylic oxidation sites excluding steroid dienone is 1. The van der Waals surface area contributed by atoms with Gasteiger partial charge in [0, 0.05) is 11.0 Å². The van der Waals surface area contributed by atoms with Gasteiger partial charge >= 0.3 is 5.97 Å². The number of carbonyl (C=O) groups is 1. The van der Waals surface area contributed by atoms with Gasteiger partial charge in [0.25, 0.3) is 0 Å². The molecule has 0 spiro atoms. The zero-order valence-corrected chi connectivity index (χ0v) is 4.93. The second-order valence-electron chi connectivity index (χ2n) is 2.58. The van der Waals surface area contributed by atoms with E-state index in [4.69, 9.17) is 5.11 Å². The molecule has 0 radical (unpaired) electrons. The number of carboxylic acids is 1. The van der Waals surface area contributed by atoms with Crippen LogP contribution < -0.4 is 0 Å². The Balaban J connectivity index is 2.59. The molecule has 8 heavy (non-hydrogen) atoms. The standard InChI is InChI=1S/C6H8O2/c1-6(2)3-4(6)5(7)8/h3H,1-2H3,(H,7,8). The van der Waals surface area contributed by atoms with Crippen molar-refractivity contribution in [3.63, 3.8) is 0 Å². The zero-order valence-electron chi connectivity index (χ0n) is 4.93. The first kappa shape index (κ1) is 5.35. The molecule has 0 heterocycles. The molecule has 0 unspecified atom stereocenters. The van der Waals surface area contributed by atoms with Crippen LogP contribution in [0.15, 0.2) is 11.6 Å². The molecule has 0 aromatic carbocycles. The van der Waals surface area contributed by atoms with Crippen molar-refractivity contribution in [3.8, 4) is 0 Å². The highest BCUT2D eigenvalue weighted by molar-refractivity contribution is 5.94. The van der Waals surface area contributed by atoms with Gasteiger partial charge in [0.05, 0.1) is 0 Å². The highest BCUT2D eigenvalue weighted by Crippen LogP contribution is 2.42. The van der Waals surface area contributed by atoms with Crippen LogP contribution in [-0.4, -0.2) is 11.1 Å². The van der Waals surface area contributed by atoms with Crippen molar-refractivity contribution in [2.24, 2.45) is 5.41 Å². The van der Waals surface area contributed by atoms with Crippen molar-refractivity contribution in [1.29, 1.82) is 0 Å². The Kier molecular flexibility index (Phi) is 0.756. The van der Waals surface area contributed by atoms with Crippen LogP contribution in [0.25, 0.3) is 0 Å². The summed E-state index contributed by atoms with van der Waals surface area (Å²) in [5, 5.41) is 8.32. The second kappa shape index (κ2) is 1.13. The zero-order chi connectivity index (χ0) is 6.36. The fourth-order valence-corrected chi connectivity index (χ4v) is 0.662. The lowest BCUT2D eigenvalue weighted by molar-refractivity contribution is -0.132. The molecule has 0 fully saturated rings. The van der Waals surface area contributed by atoms with E-state index in [9.17, 15) is 4.79 Å². The van der Waals surface area contributed by atoms with E-state index in [1.54, 1.807) is 6.08 Å². The van der Waals surface area contributed by atoms with Gasteiger partial charge in [0.15, 0.2) is 0 Å². The molecule has 0 atom stereocenters. The van der Waals surface area contributed by atoms with Crippen LogP contribution in [0.2, 0.25) is 0 Å². The average Bonchev–Trinajstić information content (AvgIpc) is 2.13. The Morgan fingerprint density at radius 3 is 2.12 bits per heavy atom. The molecule has 0 bridgehead atoms. The molecule has 0 saturated heterocycles. The highest BCUT2D eigenvalue weighted by atomic mass is 16.4. The summed E-state index contributed by atoms with van der Waals surface area (Å²) in [6.45, 7) is 3.77. The third kappa shape index (κ3) is 0.619. The van der Waals surface area contributed by atoms with E-state index >= 15 is 0 Å². The summed E-state index contributed by atoms with van der Waals surface area (Å²) in [4.78, 5) is 10.1. The van der Waals surface area contributed by atoms with Crippen molar-refractivity contribution in [2.45, 2.75) is 13.8 Å². The predicted molar refractivity (Wildman–Crippen MR) is 29.5 cm³/mol. The first-order valence-electron chi connectivity index (χ1n) is 2.51. The van der Waals surface area contributed by atoms with Crippen molar-refractivity contribution < 1.29 is 9.90 Å². The molecule has 0 aromatic rings. The van der Waals surface area contributed by atoms with E-state index in [0.717, 1.165) is 0 Å². The van der Waals surface area contributed by atoms with Crippen LogP contribution in [-0.2, 0) is 4.79 Å². The molecular weight excluding hydrogens is 104 g/mol. The normalized spacial score (nSPS) is 22.0.